The smallest absolute Gasteiger partial charge is 0.200 e. The lowest BCUT2D eigenvalue weighted by Gasteiger charge is -2.04. The van der Waals surface area contributed by atoms with Crippen molar-refractivity contribution < 1.29 is 13.9 Å². The van der Waals surface area contributed by atoms with E-state index < -0.39 is 0 Å². The van der Waals surface area contributed by atoms with Gasteiger partial charge in [-0.25, -0.2) is 0 Å². The Hall–Kier alpha value is -2.62. The Kier molecular flexibility index (Phi) is 2.76. The van der Waals surface area contributed by atoms with E-state index in [1.54, 1.807) is 36.4 Å². The zero-order chi connectivity index (χ0) is 13.2. The van der Waals surface area contributed by atoms with Gasteiger partial charge in [0.2, 0.25) is 5.43 Å². The zero-order valence-electron chi connectivity index (χ0n) is 9.96. The molecule has 3 aromatic rings. The molecule has 0 atom stereocenters. The Morgan fingerprint density at radius 1 is 1.05 bits per heavy atom. The number of rotatable bonds is 3. The fourth-order valence-electron chi connectivity index (χ4n) is 2.00. The van der Waals surface area contributed by atoms with Crippen molar-refractivity contribution in [1.29, 1.82) is 0 Å². The fraction of sp³-hybridized carbons (Fsp3) is 0.0667. The predicted molar refractivity (Wildman–Crippen MR) is 71.5 cm³/mol. The second-order valence-corrected chi connectivity index (χ2v) is 4.06. The highest BCUT2D eigenvalue weighted by molar-refractivity contribution is 5.90. The average Bonchev–Trinajstić information content (AvgIpc) is 2.45. The summed E-state index contributed by atoms with van der Waals surface area (Å²) in [5.41, 5.74) is 0.915. The normalized spacial score (nSPS) is 10.7. The van der Waals surface area contributed by atoms with Crippen LogP contribution in [0.5, 0.6) is 5.75 Å². The van der Waals surface area contributed by atoms with Gasteiger partial charge in [0.1, 0.15) is 23.5 Å². The molecule has 0 radical (unpaired) electrons. The second kappa shape index (κ2) is 4.57. The maximum Gasteiger partial charge on any atom is 0.200 e. The molecule has 1 heterocycles. The molecule has 3 rings (SSSR count). The summed E-state index contributed by atoms with van der Waals surface area (Å²) in [5.74, 6) is 0.498. The summed E-state index contributed by atoms with van der Waals surface area (Å²) in [5, 5.41) is 1.05. The first-order chi connectivity index (χ1) is 9.29. The van der Waals surface area contributed by atoms with E-state index in [2.05, 4.69) is 0 Å². The van der Waals surface area contributed by atoms with E-state index in [0.717, 1.165) is 0 Å². The molecule has 0 bridgehead atoms. The molecular formula is C15H10O4. The van der Waals surface area contributed by atoms with Crippen molar-refractivity contribution >= 4 is 28.2 Å². The van der Waals surface area contributed by atoms with Crippen LogP contribution in [0.4, 0.5) is 0 Å². The van der Waals surface area contributed by atoms with Gasteiger partial charge in [0, 0.05) is 6.07 Å². The van der Waals surface area contributed by atoms with Crippen molar-refractivity contribution in [2.45, 2.75) is 0 Å². The minimum Gasteiger partial charge on any atom is -0.486 e. The number of para-hydroxylation sites is 1. The van der Waals surface area contributed by atoms with E-state index in [-0.39, 0.29) is 12.0 Å². The highest BCUT2D eigenvalue weighted by atomic mass is 16.5. The number of carbonyl (C=O) groups excluding carboxylic acids is 1. The van der Waals surface area contributed by atoms with Crippen molar-refractivity contribution in [3.63, 3.8) is 0 Å². The van der Waals surface area contributed by atoms with Crippen LogP contribution in [0.15, 0.2) is 51.7 Å². The third kappa shape index (κ3) is 1.97. The number of hydrogen-bond acceptors (Lipinski definition) is 4. The van der Waals surface area contributed by atoms with E-state index in [0.29, 0.717) is 34.0 Å². The van der Waals surface area contributed by atoms with Crippen LogP contribution in [0.3, 0.4) is 0 Å². The molecule has 0 spiro atoms. The molecule has 19 heavy (non-hydrogen) atoms. The topological polar surface area (TPSA) is 56.5 Å². The van der Waals surface area contributed by atoms with Crippen LogP contribution in [-0.4, -0.2) is 12.9 Å². The first kappa shape index (κ1) is 11.5. The molecule has 0 aliphatic carbocycles. The number of ether oxygens (including phenoxy) is 1. The van der Waals surface area contributed by atoms with Gasteiger partial charge >= 0.3 is 0 Å². The number of aldehydes is 1. The maximum absolute atomic E-state index is 12.3. The molecule has 0 amide bonds. The minimum absolute atomic E-state index is 0.0245. The van der Waals surface area contributed by atoms with Gasteiger partial charge in [0.25, 0.3) is 0 Å². The molecule has 0 aliphatic heterocycles. The third-order valence-corrected chi connectivity index (χ3v) is 2.87. The minimum atomic E-state index is -0.0706. The van der Waals surface area contributed by atoms with E-state index in [1.165, 1.54) is 0 Å². The van der Waals surface area contributed by atoms with Gasteiger partial charge in [-0.05, 0) is 24.3 Å². The standard InChI is InChI=1S/C15H10O4/c16-7-8-18-10-5-6-12-14(9-10)19-13-4-2-1-3-11(13)15(12)17/h1-7,9H,8H2. The Morgan fingerprint density at radius 2 is 1.84 bits per heavy atom. The number of hydrogen-bond donors (Lipinski definition) is 0. The number of fused-ring (bicyclic) bond motifs is 2. The van der Waals surface area contributed by atoms with Crippen LogP contribution < -0.4 is 10.2 Å². The number of carbonyl (C=O) groups is 1. The monoisotopic (exact) mass is 254 g/mol. The van der Waals surface area contributed by atoms with Gasteiger partial charge in [-0.15, -0.1) is 0 Å². The molecular weight excluding hydrogens is 244 g/mol. The van der Waals surface area contributed by atoms with E-state index in [9.17, 15) is 9.59 Å². The van der Waals surface area contributed by atoms with Crippen molar-refractivity contribution in [2.75, 3.05) is 6.61 Å². The first-order valence-corrected chi connectivity index (χ1v) is 5.81. The van der Waals surface area contributed by atoms with Gasteiger partial charge in [-0.3, -0.25) is 9.59 Å². The van der Waals surface area contributed by atoms with Crippen LogP contribution in [0.25, 0.3) is 21.9 Å². The summed E-state index contributed by atoms with van der Waals surface area (Å²) in [6.07, 6.45) is 0.667. The van der Waals surface area contributed by atoms with Crippen LogP contribution in [0.2, 0.25) is 0 Å². The Balaban J connectivity index is 2.26. The quantitative estimate of drug-likeness (QED) is 0.532. The first-order valence-electron chi connectivity index (χ1n) is 5.81. The molecule has 1 aromatic heterocycles. The maximum atomic E-state index is 12.3. The molecule has 0 aliphatic rings. The van der Waals surface area contributed by atoms with E-state index in [4.69, 9.17) is 9.15 Å². The summed E-state index contributed by atoms with van der Waals surface area (Å²) >= 11 is 0. The molecule has 0 fully saturated rings. The van der Waals surface area contributed by atoms with Gasteiger partial charge in [-0.1, -0.05) is 12.1 Å². The summed E-state index contributed by atoms with van der Waals surface area (Å²) in [6.45, 7) is -0.0245. The Labute approximate surface area is 108 Å². The largest absolute Gasteiger partial charge is 0.486 e. The highest BCUT2D eigenvalue weighted by Gasteiger charge is 2.07. The van der Waals surface area contributed by atoms with Crippen LogP contribution in [0.1, 0.15) is 0 Å². The summed E-state index contributed by atoms with van der Waals surface area (Å²) < 4.78 is 10.9. The summed E-state index contributed by atoms with van der Waals surface area (Å²) in [4.78, 5) is 22.5. The molecule has 94 valence electrons. The molecule has 0 saturated heterocycles. The zero-order valence-corrected chi connectivity index (χ0v) is 9.96. The van der Waals surface area contributed by atoms with Crippen molar-refractivity contribution in [1.82, 2.24) is 0 Å². The summed E-state index contributed by atoms with van der Waals surface area (Å²) in [6, 6.07) is 12.0. The summed E-state index contributed by atoms with van der Waals surface area (Å²) in [7, 11) is 0. The van der Waals surface area contributed by atoms with Gasteiger partial charge < -0.3 is 9.15 Å². The molecule has 4 nitrogen and oxygen atoms in total. The van der Waals surface area contributed by atoms with Gasteiger partial charge in [0.15, 0.2) is 6.29 Å². The number of benzene rings is 2. The van der Waals surface area contributed by atoms with Crippen LogP contribution in [0, 0.1) is 0 Å². The Bertz CT molecular complexity index is 817. The Morgan fingerprint density at radius 3 is 2.68 bits per heavy atom. The molecule has 2 aromatic carbocycles. The lowest BCUT2D eigenvalue weighted by atomic mass is 10.1. The van der Waals surface area contributed by atoms with Gasteiger partial charge in [-0.2, -0.15) is 0 Å². The SMILES string of the molecule is O=CCOc1ccc2c(=O)c3ccccc3oc2c1. The van der Waals surface area contributed by atoms with Gasteiger partial charge in [0.05, 0.1) is 10.8 Å². The third-order valence-electron chi connectivity index (χ3n) is 2.87. The van der Waals surface area contributed by atoms with E-state index >= 15 is 0 Å². The van der Waals surface area contributed by atoms with Crippen molar-refractivity contribution in [3.05, 3.63) is 52.7 Å². The van der Waals surface area contributed by atoms with Crippen LogP contribution >= 0.6 is 0 Å². The fourth-order valence-corrected chi connectivity index (χ4v) is 2.00. The van der Waals surface area contributed by atoms with Crippen LogP contribution in [-0.2, 0) is 4.79 Å². The van der Waals surface area contributed by atoms with Crippen molar-refractivity contribution in [3.8, 4) is 5.75 Å². The average molecular weight is 254 g/mol. The molecule has 0 unspecified atom stereocenters. The molecule has 0 saturated carbocycles. The second-order valence-electron chi connectivity index (χ2n) is 4.06. The molecule has 0 N–H and O–H groups in total. The van der Waals surface area contributed by atoms with E-state index in [1.807, 2.05) is 6.07 Å². The lowest BCUT2D eigenvalue weighted by molar-refractivity contribution is -0.109. The lowest BCUT2D eigenvalue weighted by Crippen LogP contribution is -2.02. The highest BCUT2D eigenvalue weighted by Crippen LogP contribution is 2.22. The predicted octanol–water partition coefficient (Wildman–Crippen LogP) is 2.52. The van der Waals surface area contributed by atoms with Crippen molar-refractivity contribution in [2.24, 2.45) is 0 Å². The molecule has 4 heteroatoms.